The summed E-state index contributed by atoms with van der Waals surface area (Å²) in [5.74, 6) is -0.757. The lowest BCUT2D eigenvalue weighted by Crippen LogP contribution is -2.29. The monoisotopic (exact) mass is 582 g/mol. The number of rotatable bonds is 8. The highest BCUT2D eigenvalue weighted by molar-refractivity contribution is 7.22. The zero-order valence-corrected chi connectivity index (χ0v) is 23.4. The van der Waals surface area contributed by atoms with E-state index in [1.165, 1.54) is 16.2 Å². The van der Waals surface area contributed by atoms with E-state index in [1.54, 1.807) is 54.6 Å². The molecule has 1 saturated heterocycles. The average Bonchev–Trinajstić information content (AvgIpc) is 3.46. The number of amides is 1. The van der Waals surface area contributed by atoms with Gasteiger partial charge in [-0.05, 0) is 61.4 Å². The standard InChI is InChI=1S/C29H24Cl2N2O5S/c1-3-12-38-18-7-5-6-17(13-18)26(34)24-25(16-8-10-20(30)21(31)14-16)33(28(36)27(24)35)29-32-22-11-9-19(37-4-2)15-23(22)39-29/h5-11,13-15,25,34H,3-4,12H2,1-2H3. The van der Waals surface area contributed by atoms with E-state index in [4.69, 9.17) is 32.7 Å². The first-order chi connectivity index (χ1) is 18.8. The third kappa shape index (κ3) is 5.20. The fraction of sp³-hybridized carbons (Fsp3) is 0.207. The normalized spacial score (nSPS) is 16.7. The number of carbonyl (C=O) groups is 2. The first kappa shape index (κ1) is 27.0. The quantitative estimate of drug-likeness (QED) is 0.132. The van der Waals surface area contributed by atoms with Crippen LogP contribution < -0.4 is 14.4 Å². The number of hydrogen-bond acceptors (Lipinski definition) is 7. The zero-order chi connectivity index (χ0) is 27.7. The number of carbonyl (C=O) groups excluding carboxylic acids is 2. The van der Waals surface area contributed by atoms with E-state index < -0.39 is 17.7 Å². The summed E-state index contributed by atoms with van der Waals surface area (Å²) in [6.45, 7) is 4.89. The third-order valence-corrected chi connectivity index (χ3v) is 7.91. The van der Waals surface area contributed by atoms with Crippen molar-refractivity contribution in [3.05, 3.63) is 87.4 Å². The summed E-state index contributed by atoms with van der Waals surface area (Å²) in [4.78, 5) is 33.0. The highest BCUT2D eigenvalue weighted by Gasteiger charge is 2.48. The van der Waals surface area contributed by atoms with E-state index in [0.717, 1.165) is 11.1 Å². The van der Waals surface area contributed by atoms with Crippen LogP contribution in [0, 0.1) is 0 Å². The molecule has 0 saturated carbocycles. The van der Waals surface area contributed by atoms with Gasteiger partial charge in [0.15, 0.2) is 5.13 Å². The third-order valence-electron chi connectivity index (χ3n) is 6.15. The van der Waals surface area contributed by atoms with Crippen LogP contribution in [0.2, 0.25) is 10.0 Å². The number of aromatic nitrogens is 1. The van der Waals surface area contributed by atoms with Crippen molar-refractivity contribution in [3.8, 4) is 11.5 Å². The second kappa shape index (κ2) is 11.3. The molecular formula is C29H24Cl2N2O5S. The minimum Gasteiger partial charge on any atom is -0.507 e. The van der Waals surface area contributed by atoms with Crippen LogP contribution in [0.4, 0.5) is 5.13 Å². The molecule has 39 heavy (non-hydrogen) atoms. The number of hydrogen-bond donors (Lipinski definition) is 1. The first-order valence-electron chi connectivity index (χ1n) is 12.3. The van der Waals surface area contributed by atoms with Crippen LogP contribution in [0.3, 0.4) is 0 Å². The Morgan fingerprint density at radius 2 is 1.79 bits per heavy atom. The van der Waals surface area contributed by atoms with Gasteiger partial charge in [0.25, 0.3) is 5.78 Å². The van der Waals surface area contributed by atoms with Crippen molar-refractivity contribution < 1.29 is 24.2 Å². The fourth-order valence-electron chi connectivity index (χ4n) is 4.39. The average molecular weight is 583 g/mol. The lowest BCUT2D eigenvalue weighted by molar-refractivity contribution is -0.132. The molecule has 0 radical (unpaired) electrons. The number of aliphatic hydroxyl groups excluding tert-OH is 1. The summed E-state index contributed by atoms with van der Waals surface area (Å²) in [6, 6.07) is 16.1. The second-order valence-electron chi connectivity index (χ2n) is 8.78. The van der Waals surface area contributed by atoms with E-state index in [0.29, 0.717) is 51.5 Å². The first-order valence-corrected chi connectivity index (χ1v) is 13.9. The predicted octanol–water partition coefficient (Wildman–Crippen LogP) is 7.42. The van der Waals surface area contributed by atoms with Gasteiger partial charge < -0.3 is 14.6 Å². The van der Waals surface area contributed by atoms with Gasteiger partial charge in [0.2, 0.25) is 0 Å². The Morgan fingerprint density at radius 1 is 1.00 bits per heavy atom. The van der Waals surface area contributed by atoms with Crippen LogP contribution in [0.5, 0.6) is 11.5 Å². The van der Waals surface area contributed by atoms with Crippen molar-refractivity contribution in [1.82, 2.24) is 4.98 Å². The van der Waals surface area contributed by atoms with E-state index in [1.807, 2.05) is 19.9 Å². The van der Waals surface area contributed by atoms with Crippen LogP contribution in [0.15, 0.2) is 66.2 Å². The minimum absolute atomic E-state index is 0.0831. The van der Waals surface area contributed by atoms with Gasteiger partial charge in [-0.1, -0.05) is 59.7 Å². The lowest BCUT2D eigenvalue weighted by Gasteiger charge is -2.23. The van der Waals surface area contributed by atoms with Crippen LogP contribution in [0.25, 0.3) is 16.0 Å². The Balaban J connectivity index is 1.67. The van der Waals surface area contributed by atoms with Gasteiger partial charge in [0.05, 0.1) is 45.1 Å². The molecule has 1 aliphatic heterocycles. The number of fused-ring (bicyclic) bond motifs is 1. The number of nitrogens with zero attached hydrogens (tertiary/aromatic N) is 2. The molecule has 2 heterocycles. The van der Waals surface area contributed by atoms with Crippen molar-refractivity contribution in [2.45, 2.75) is 26.3 Å². The molecule has 10 heteroatoms. The maximum absolute atomic E-state index is 13.5. The predicted molar refractivity (Wildman–Crippen MR) is 154 cm³/mol. The fourth-order valence-corrected chi connectivity index (χ4v) is 5.72. The van der Waals surface area contributed by atoms with Crippen molar-refractivity contribution in [3.63, 3.8) is 0 Å². The molecule has 1 unspecified atom stereocenters. The topological polar surface area (TPSA) is 89.0 Å². The van der Waals surface area contributed by atoms with E-state index in [-0.39, 0.29) is 16.4 Å². The summed E-state index contributed by atoms with van der Waals surface area (Å²) in [5, 5.41) is 12.3. The minimum atomic E-state index is -0.994. The molecule has 0 aliphatic carbocycles. The Hall–Kier alpha value is -3.59. The van der Waals surface area contributed by atoms with Gasteiger partial charge in [0, 0.05) is 5.56 Å². The molecule has 1 atom stereocenters. The van der Waals surface area contributed by atoms with Crippen LogP contribution in [-0.4, -0.2) is 35.0 Å². The van der Waals surface area contributed by atoms with E-state index in [9.17, 15) is 14.7 Å². The molecule has 7 nitrogen and oxygen atoms in total. The maximum Gasteiger partial charge on any atom is 0.301 e. The molecule has 1 aliphatic rings. The number of Topliss-reactive ketones (excluding diaryl/α,β-unsaturated/α-hetero) is 1. The molecule has 0 bridgehead atoms. The van der Waals surface area contributed by atoms with Crippen molar-refractivity contribution in [2.24, 2.45) is 0 Å². The SMILES string of the molecule is CCCOc1cccc(C(O)=C2C(=O)C(=O)N(c3nc4ccc(OCC)cc4s3)C2c2ccc(Cl)c(Cl)c2)c1. The molecule has 4 aromatic rings. The van der Waals surface area contributed by atoms with Crippen LogP contribution >= 0.6 is 34.5 Å². The molecule has 3 aromatic carbocycles. The van der Waals surface area contributed by atoms with Crippen molar-refractivity contribution >= 4 is 67.3 Å². The van der Waals surface area contributed by atoms with Gasteiger partial charge in [0.1, 0.15) is 17.3 Å². The molecule has 1 fully saturated rings. The van der Waals surface area contributed by atoms with Gasteiger partial charge >= 0.3 is 5.91 Å². The van der Waals surface area contributed by atoms with E-state index >= 15 is 0 Å². The Morgan fingerprint density at radius 3 is 2.54 bits per heavy atom. The van der Waals surface area contributed by atoms with Crippen molar-refractivity contribution in [1.29, 1.82) is 0 Å². The summed E-state index contributed by atoms with van der Waals surface area (Å²) in [5.41, 5.74) is 1.41. The summed E-state index contributed by atoms with van der Waals surface area (Å²) < 4.78 is 12.1. The van der Waals surface area contributed by atoms with Gasteiger partial charge in [-0.15, -0.1) is 0 Å². The summed E-state index contributed by atoms with van der Waals surface area (Å²) in [7, 11) is 0. The number of benzene rings is 3. The zero-order valence-electron chi connectivity index (χ0n) is 21.1. The molecular weight excluding hydrogens is 559 g/mol. The second-order valence-corrected chi connectivity index (χ2v) is 10.6. The summed E-state index contributed by atoms with van der Waals surface area (Å²) >= 11 is 13.8. The van der Waals surface area contributed by atoms with Crippen LogP contribution in [-0.2, 0) is 9.59 Å². The smallest absolute Gasteiger partial charge is 0.301 e. The largest absolute Gasteiger partial charge is 0.507 e. The molecule has 0 spiro atoms. The number of halogens is 2. The Kier molecular flexibility index (Phi) is 7.79. The van der Waals surface area contributed by atoms with Crippen molar-refractivity contribution in [2.75, 3.05) is 18.1 Å². The highest BCUT2D eigenvalue weighted by Crippen LogP contribution is 2.45. The summed E-state index contributed by atoms with van der Waals surface area (Å²) in [6.07, 6.45) is 0.812. The number of ketones is 1. The van der Waals surface area contributed by atoms with Gasteiger partial charge in [-0.2, -0.15) is 0 Å². The highest BCUT2D eigenvalue weighted by atomic mass is 35.5. The molecule has 1 aromatic heterocycles. The molecule has 1 amide bonds. The number of anilines is 1. The number of aliphatic hydroxyl groups is 1. The Labute approximate surface area is 239 Å². The number of thiazole rings is 1. The lowest BCUT2D eigenvalue weighted by atomic mass is 9.95. The van der Waals surface area contributed by atoms with Crippen LogP contribution in [0.1, 0.15) is 37.4 Å². The molecule has 200 valence electrons. The molecule has 1 N–H and O–H groups in total. The molecule has 5 rings (SSSR count). The van der Waals surface area contributed by atoms with E-state index in [2.05, 4.69) is 4.98 Å². The number of ether oxygens (including phenoxy) is 2. The van der Waals surface area contributed by atoms with Gasteiger partial charge in [-0.3, -0.25) is 14.5 Å². The van der Waals surface area contributed by atoms with Gasteiger partial charge in [-0.25, -0.2) is 4.98 Å². The Bertz CT molecular complexity index is 1620. The maximum atomic E-state index is 13.5.